The van der Waals surface area contributed by atoms with Crippen molar-refractivity contribution < 1.29 is 9.47 Å². The normalized spacial score (nSPS) is 18.4. The van der Waals surface area contributed by atoms with Crippen molar-refractivity contribution in [1.29, 1.82) is 0 Å². The molecule has 3 aromatic heterocycles. The molecule has 2 atom stereocenters. The summed E-state index contributed by atoms with van der Waals surface area (Å²) < 4.78 is 19.2. The topological polar surface area (TPSA) is 105 Å². The van der Waals surface area contributed by atoms with Crippen LogP contribution in [0.3, 0.4) is 0 Å². The minimum atomic E-state index is -0.324. The molecule has 0 bridgehead atoms. The van der Waals surface area contributed by atoms with Crippen LogP contribution in [0.4, 0.5) is 5.95 Å². The van der Waals surface area contributed by atoms with Gasteiger partial charge in [0.05, 0.1) is 22.4 Å². The lowest BCUT2D eigenvalue weighted by molar-refractivity contribution is 0.0299. The molecule has 2 aliphatic rings. The van der Waals surface area contributed by atoms with Crippen molar-refractivity contribution in [3.8, 4) is 11.5 Å². The monoisotopic (exact) mass is 532 g/mol. The summed E-state index contributed by atoms with van der Waals surface area (Å²) in [7, 11) is 5.45. The fourth-order valence-electron chi connectivity index (χ4n) is 5.37. The maximum atomic E-state index is 5.97. The molecule has 0 amide bonds. The number of aryl methyl sites for hydroxylation is 1. The molecule has 1 fully saturated rings. The van der Waals surface area contributed by atoms with Crippen LogP contribution in [0, 0.1) is 0 Å². The Morgan fingerprint density at radius 3 is 2.56 bits per heavy atom. The van der Waals surface area contributed by atoms with Gasteiger partial charge in [-0.1, -0.05) is 11.6 Å². The van der Waals surface area contributed by atoms with E-state index in [1.807, 2.05) is 11.7 Å². The predicted octanol–water partition coefficient (Wildman–Crippen LogP) is 4.36. The molecule has 5 rings (SSSR count). The summed E-state index contributed by atoms with van der Waals surface area (Å²) in [5.74, 6) is 2.09. The van der Waals surface area contributed by atoms with Crippen molar-refractivity contribution in [2.45, 2.75) is 68.8 Å². The molecule has 1 saturated carbocycles. The first-order chi connectivity index (χ1) is 17.5. The van der Waals surface area contributed by atoms with Gasteiger partial charge in [-0.15, -0.1) is 10.2 Å². The Balaban J connectivity index is 1.46. The second-order valence-electron chi connectivity index (χ2n) is 9.64. The SMILES string of the molecule is COCC1(n2c(NSC(C)C(OC)c3ncc(Cl)cn3)nnc2-c2nn(C)c3c2CCCC3)CCC1. The van der Waals surface area contributed by atoms with Crippen LogP contribution >= 0.6 is 23.5 Å². The maximum Gasteiger partial charge on any atom is 0.235 e. The van der Waals surface area contributed by atoms with Gasteiger partial charge in [-0.2, -0.15) is 5.10 Å². The van der Waals surface area contributed by atoms with Gasteiger partial charge in [0.1, 0.15) is 11.8 Å². The fraction of sp³-hybridized carbons (Fsp3) is 0.625. The number of nitrogens with zero attached hydrogens (tertiary/aromatic N) is 7. The fourth-order valence-corrected chi connectivity index (χ4v) is 6.25. The zero-order valence-electron chi connectivity index (χ0n) is 21.2. The molecule has 0 aromatic carbocycles. The molecule has 0 saturated heterocycles. The average molecular weight is 533 g/mol. The molecule has 3 aromatic rings. The first kappa shape index (κ1) is 25.4. The highest BCUT2D eigenvalue weighted by Crippen LogP contribution is 2.45. The first-order valence-corrected chi connectivity index (χ1v) is 13.6. The van der Waals surface area contributed by atoms with Crippen molar-refractivity contribution in [3.63, 3.8) is 0 Å². The van der Waals surface area contributed by atoms with Gasteiger partial charge in [-0.3, -0.25) is 14.0 Å². The van der Waals surface area contributed by atoms with Crippen molar-refractivity contribution in [2.24, 2.45) is 7.05 Å². The van der Waals surface area contributed by atoms with Gasteiger partial charge >= 0.3 is 0 Å². The van der Waals surface area contributed by atoms with Gasteiger partial charge in [0.25, 0.3) is 0 Å². The van der Waals surface area contributed by atoms with Crippen LogP contribution in [-0.2, 0) is 34.9 Å². The molecule has 0 aliphatic heterocycles. The van der Waals surface area contributed by atoms with E-state index in [9.17, 15) is 0 Å². The third-order valence-electron chi connectivity index (χ3n) is 7.32. The van der Waals surface area contributed by atoms with Gasteiger partial charge < -0.3 is 9.47 Å². The molecule has 10 nitrogen and oxygen atoms in total. The number of methoxy groups -OCH3 is 2. The largest absolute Gasteiger partial charge is 0.382 e. The Morgan fingerprint density at radius 1 is 1.14 bits per heavy atom. The van der Waals surface area contributed by atoms with Crippen molar-refractivity contribution in [2.75, 3.05) is 25.5 Å². The van der Waals surface area contributed by atoms with Crippen molar-refractivity contribution in [3.05, 3.63) is 34.5 Å². The zero-order chi connectivity index (χ0) is 25.3. The molecule has 36 heavy (non-hydrogen) atoms. The highest BCUT2D eigenvalue weighted by Gasteiger charge is 2.44. The summed E-state index contributed by atoms with van der Waals surface area (Å²) in [6.45, 7) is 2.66. The summed E-state index contributed by atoms with van der Waals surface area (Å²) in [5, 5.41) is 14.7. The van der Waals surface area contributed by atoms with Crippen molar-refractivity contribution >= 4 is 29.5 Å². The summed E-state index contributed by atoms with van der Waals surface area (Å²) in [6.07, 6.45) is 10.5. The van der Waals surface area contributed by atoms with E-state index in [0.29, 0.717) is 23.4 Å². The van der Waals surface area contributed by atoms with Crippen LogP contribution in [0.5, 0.6) is 0 Å². The van der Waals surface area contributed by atoms with Crippen LogP contribution in [0.1, 0.15) is 62.2 Å². The summed E-state index contributed by atoms with van der Waals surface area (Å²) in [4.78, 5) is 8.69. The van der Waals surface area contributed by atoms with E-state index in [1.165, 1.54) is 36.0 Å². The lowest BCUT2D eigenvalue weighted by atomic mass is 9.77. The number of halogens is 1. The number of fused-ring (bicyclic) bond motifs is 1. The molecule has 2 unspecified atom stereocenters. The zero-order valence-corrected chi connectivity index (χ0v) is 22.8. The molecular weight excluding hydrogens is 500 g/mol. The minimum Gasteiger partial charge on any atom is -0.382 e. The number of rotatable bonds is 10. The molecule has 0 radical (unpaired) electrons. The van der Waals surface area contributed by atoms with Crippen LogP contribution in [-0.4, -0.2) is 60.6 Å². The number of hydrogen-bond donors (Lipinski definition) is 1. The van der Waals surface area contributed by atoms with Crippen molar-refractivity contribution in [1.82, 2.24) is 34.5 Å². The van der Waals surface area contributed by atoms with E-state index >= 15 is 0 Å². The Labute approximate surface area is 220 Å². The summed E-state index contributed by atoms with van der Waals surface area (Å²) >= 11 is 7.47. The van der Waals surface area contributed by atoms with E-state index in [-0.39, 0.29) is 16.9 Å². The first-order valence-electron chi connectivity index (χ1n) is 12.4. The van der Waals surface area contributed by atoms with E-state index in [1.54, 1.807) is 26.6 Å². The van der Waals surface area contributed by atoms with Crippen LogP contribution in [0.15, 0.2) is 12.4 Å². The minimum absolute atomic E-state index is 0.0212. The van der Waals surface area contributed by atoms with Crippen LogP contribution < -0.4 is 4.72 Å². The number of hydrogen-bond acceptors (Lipinski definition) is 9. The maximum absolute atomic E-state index is 5.97. The summed E-state index contributed by atoms with van der Waals surface area (Å²) in [5.41, 5.74) is 3.36. The second-order valence-corrected chi connectivity index (χ2v) is 11.3. The van der Waals surface area contributed by atoms with Gasteiger partial charge in [0.2, 0.25) is 5.95 Å². The summed E-state index contributed by atoms with van der Waals surface area (Å²) in [6, 6.07) is 0. The third-order valence-corrected chi connectivity index (χ3v) is 8.44. The second kappa shape index (κ2) is 10.6. The molecule has 3 heterocycles. The molecule has 0 spiro atoms. The Kier molecular flexibility index (Phi) is 7.52. The molecule has 2 aliphatic carbocycles. The van der Waals surface area contributed by atoms with E-state index < -0.39 is 0 Å². The molecule has 1 N–H and O–H groups in total. The van der Waals surface area contributed by atoms with Gasteiger partial charge in [-0.05, 0) is 63.8 Å². The standard InChI is InChI=1S/C24H33ClN8O2S/c1-15(20(35-4)21-26-12-16(25)13-27-21)36-31-23-29-28-22(33(23)24(14-34-3)10-7-11-24)19-17-8-5-6-9-18(17)32(2)30-19/h12-13,15,20H,5-11,14H2,1-4H3,(H,29,31). The number of ether oxygens (including phenoxy) is 2. The average Bonchev–Trinajstić information content (AvgIpc) is 3.43. The highest BCUT2D eigenvalue weighted by molar-refractivity contribution is 8.01. The lowest BCUT2D eigenvalue weighted by Gasteiger charge is -2.43. The van der Waals surface area contributed by atoms with Gasteiger partial charge in [-0.25, -0.2) is 9.97 Å². The number of nitrogens with one attached hydrogen (secondary N) is 1. The van der Waals surface area contributed by atoms with E-state index in [0.717, 1.165) is 43.6 Å². The quantitative estimate of drug-likeness (QED) is 0.381. The number of anilines is 1. The Hall–Kier alpha value is -2.21. The van der Waals surface area contributed by atoms with Crippen LogP contribution in [0.2, 0.25) is 5.02 Å². The van der Waals surface area contributed by atoms with E-state index in [2.05, 4.69) is 36.4 Å². The predicted molar refractivity (Wildman–Crippen MR) is 140 cm³/mol. The Morgan fingerprint density at radius 2 is 1.89 bits per heavy atom. The Bertz CT molecular complexity index is 1190. The van der Waals surface area contributed by atoms with Crippen LogP contribution in [0.25, 0.3) is 11.5 Å². The molecule has 12 heteroatoms. The van der Waals surface area contributed by atoms with Gasteiger partial charge in [0.15, 0.2) is 11.6 Å². The highest BCUT2D eigenvalue weighted by atomic mass is 35.5. The molecule has 194 valence electrons. The van der Waals surface area contributed by atoms with E-state index in [4.69, 9.17) is 26.2 Å². The molecular formula is C24H33ClN8O2S. The van der Waals surface area contributed by atoms with Gasteiger partial charge in [0, 0.05) is 44.9 Å². The lowest BCUT2D eigenvalue weighted by Crippen LogP contribution is -2.45. The smallest absolute Gasteiger partial charge is 0.235 e. The number of aromatic nitrogens is 7. The third kappa shape index (κ3) is 4.62.